The minimum absolute atomic E-state index is 0.118. The Labute approximate surface area is 212 Å². The molecule has 0 unspecified atom stereocenters. The molecule has 6 heteroatoms. The molecule has 184 valence electrons. The summed E-state index contributed by atoms with van der Waals surface area (Å²) in [6.07, 6.45) is 5.65. The molecular weight excluding hydrogens is 448 g/mol. The molecule has 2 heterocycles. The first-order valence-electron chi connectivity index (χ1n) is 12.7. The highest BCUT2D eigenvalue weighted by Gasteiger charge is 2.25. The van der Waals surface area contributed by atoms with Gasteiger partial charge in [-0.2, -0.15) is 0 Å². The molecule has 0 spiro atoms. The largest absolute Gasteiger partial charge is 0.361 e. The van der Waals surface area contributed by atoms with E-state index >= 15 is 0 Å². The van der Waals surface area contributed by atoms with E-state index in [0.29, 0.717) is 16.8 Å². The normalized spacial score (nSPS) is 17.4. The maximum absolute atomic E-state index is 12.8. The van der Waals surface area contributed by atoms with Gasteiger partial charge in [0, 0.05) is 35.2 Å². The fraction of sp³-hybridized carbons (Fsp3) is 0.267. The van der Waals surface area contributed by atoms with Gasteiger partial charge in [0.2, 0.25) is 0 Å². The van der Waals surface area contributed by atoms with Gasteiger partial charge < -0.3 is 16.0 Å². The molecular formula is C30H32N4O2. The molecule has 0 aliphatic carbocycles. The smallest absolute Gasteiger partial charge is 0.257 e. The number of piperidine rings is 1. The maximum Gasteiger partial charge on any atom is 0.257 e. The SMILES string of the molecule is C[C@@H](NC(=O)c1ccc2c(c1)NC(=O)C2=CNc1ccc(CN2CCCCC2)cc1)c1ccccc1. The van der Waals surface area contributed by atoms with Gasteiger partial charge in [-0.3, -0.25) is 14.5 Å². The quantitative estimate of drug-likeness (QED) is 0.387. The van der Waals surface area contributed by atoms with Gasteiger partial charge in [-0.05, 0) is 68.2 Å². The number of hydrogen-bond acceptors (Lipinski definition) is 4. The van der Waals surface area contributed by atoms with Crippen molar-refractivity contribution in [1.82, 2.24) is 10.2 Å². The number of rotatable bonds is 7. The van der Waals surface area contributed by atoms with Crippen molar-refractivity contribution in [3.05, 3.63) is 101 Å². The maximum atomic E-state index is 12.8. The number of carbonyl (C=O) groups excluding carboxylic acids is 2. The Kier molecular flexibility index (Phi) is 7.14. The fourth-order valence-corrected chi connectivity index (χ4v) is 4.82. The number of carbonyl (C=O) groups is 2. The van der Waals surface area contributed by atoms with Crippen LogP contribution in [0.2, 0.25) is 0 Å². The highest BCUT2D eigenvalue weighted by Crippen LogP contribution is 2.32. The molecule has 1 saturated heterocycles. The summed E-state index contributed by atoms with van der Waals surface area (Å²) in [6.45, 7) is 5.29. The van der Waals surface area contributed by atoms with Crippen LogP contribution in [0.3, 0.4) is 0 Å². The van der Waals surface area contributed by atoms with Crippen molar-refractivity contribution in [3.8, 4) is 0 Å². The molecule has 2 amide bonds. The summed E-state index contributed by atoms with van der Waals surface area (Å²) in [5.74, 6) is -0.363. The molecule has 0 saturated carbocycles. The summed E-state index contributed by atoms with van der Waals surface area (Å²) in [6, 6.07) is 23.4. The molecule has 0 bridgehead atoms. The van der Waals surface area contributed by atoms with Gasteiger partial charge in [-0.25, -0.2) is 0 Å². The van der Waals surface area contributed by atoms with Crippen LogP contribution in [0.15, 0.2) is 79.0 Å². The van der Waals surface area contributed by atoms with Gasteiger partial charge >= 0.3 is 0 Å². The number of nitrogens with zero attached hydrogens (tertiary/aromatic N) is 1. The summed E-state index contributed by atoms with van der Waals surface area (Å²) in [4.78, 5) is 28.0. The highest BCUT2D eigenvalue weighted by molar-refractivity contribution is 6.32. The lowest BCUT2D eigenvalue weighted by Crippen LogP contribution is -2.29. The average molecular weight is 481 g/mol. The van der Waals surface area contributed by atoms with Crippen molar-refractivity contribution < 1.29 is 9.59 Å². The van der Waals surface area contributed by atoms with Crippen LogP contribution in [0, 0.1) is 0 Å². The summed E-state index contributed by atoms with van der Waals surface area (Å²) in [5.41, 5.74) is 5.74. The molecule has 1 fully saturated rings. The number of benzene rings is 3. The third-order valence-electron chi connectivity index (χ3n) is 6.90. The van der Waals surface area contributed by atoms with E-state index in [0.717, 1.165) is 23.4 Å². The van der Waals surface area contributed by atoms with Gasteiger partial charge in [0.25, 0.3) is 11.8 Å². The summed E-state index contributed by atoms with van der Waals surface area (Å²) < 4.78 is 0. The van der Waals surface area contributed by atoms with E-state index in [4.69, 9.17) is 0 Å². The number of anilines is 2. The second kappa shape index (κ2) is 10.8. The van der Waals surface area contributed by atoms with Crippen molar-refractivity contribution >= 4 is 28.8 Å². The number of hydrogen-bond donors (Lipinski definition) is 3. The van der Waals surface area contributed by atoms with Crippen molar-refractivity contribution in [2.75, 3.05) is 23.7 Å². The number of likely N-dealkylation sites (tertiary alicyclic amines) is 1. The standard InChI is InChI=1S/C30H32N4O2/c1-21(23-8-4-2-5-9-23)32-29(35)24-12-15-26-27(30(36)33-28(26)18-24)19-31-25-13-10-22(11-14-25)20-34-16-6-3-7-17-34/h2,4-5,8-15,18-19,21,31H,3,6-7,16-17,20H2,1H3,(H,32,35)(H,33,36)/t21-/m1/s1. The molecule has 0 aromatic heterocycles. The predicted octanol–water partition coefficient (Wildman–Crippen LogP) is 5.57. The van der Waals surface area contributed by atoms with E-state index < -0.39 is 0 Å². The lowest BCUT2D eigenvalue weighted by atomic mass is 10.0. The molecule has 6 nitrogen and oxygen atoms in total. The Morgan fingerprint density at radius 3 is 2.50 bits per heavy atom. The lowest BCUT2D eigenvalue weighted by molar-refractivity contribution is -0.110. The third-order valence-corrected chi connectivity index (χ3v) is 6.90. The van der Waals surface area contributed by atoms with E-state index in [1.165, 1.54) is 37.9 Å². The van der Waals surface area contributed by atoms with Gasteiger partial charge in [0.1, 0.15) is 0 Å². The highest BCUT2D eigenvalue weighted by atomic mass is 16.2. The van der Waals surface area contributed by atoms with Crippen molar-refractivity contribution in [3.63, 3.8) is 0 Å². The van der Waals surface area contributed by atoms with Crippen LogP contribution in [0.5, 0.6) is 0 Å². The summed E-state index contributed by atoms with van der Waals surface area (Å²) in [7, 11) is 0. The monoisotopic (exact) mass is 480 g/mol. The van der Waals surface area contributed by atoms with Crippen molar-refractivity contribution in [2.24, 2.45) is 0 Å². The van der Waals surface area contributed by atoms with E-state index in [1.807, 2.05) is 55.5 Å². The average Bonchev–Trinajstić information content (AvgIpc) is 3.23. The molecule has 2 aliphatic rings. The third kappa shape index (κ3) is 5.50. The Hall–Kier alpha value is -3.90. The van der Waals surface area contributed by atoms with Crippen LogP contribution in [-0.2, 0) is 11.3 Å². The molecule has 3 N–H and O–H groups in total. The second-order valence-corrected chi connectivity index (χ2v) is 9.56. The van der Waals surface area contributed by atoms with Crippen LogP contribution in [0.1, 0.15) is 59.3 Å². The lowest BCUT2D eigenvalue weighted by Gasteiger charge is -2.26. The molecule has 3 aromatic carbocycles. The molecule has 1 atom stereocenters. The minimum Gasteiger partial charge on any atom is -0.361 e. The van der Waals surface area contributed by atoms with Crippen LogP contribution >= 0.6 is 0 Å². The van der Waals surface area contributed by atoms with Crippen molar-refractivity contribution in [1.29, 1.82) is 0 Å². The number of amides is 2. The van der Waals surface area contributed by atoms with Gasteiger partial charge in [-0.1, -0.05) is 55.0 Å². The van der Waals surface area contributed by atoms with E-state index in [-0.39, 0.29) is 17.9 Å². The predicted molar refractivity (Wildman–Crippen MR) is 145 cm³/mol. The van der Waals surface area contributed by atoms with Gasteiger partial charge in [0.15, 0.2) is 0 Å². The summed E-state index contributed by atoms with van der Waals surface area (Å²) >= 11 is 0. The Balaban J connectivity index is 1.23. The number of fused-ring (bicyclic) bond motifs is 1. The first-order valence-corrected chi connectivity index (χ1v) is 12.7. The van der Waals surface area contributed by atoms with Crippen LogP contribution < -0.4 is 16.0 Å². The molecule has 2 aliphatic heterocycles. The van der Waals surface area contributed by atoms with Gasteiger partial charge in [0.05, 0.1) is 11.6 Å². The Morgan fingerprint density at radius 2 is 1.75 bits per heavy atom. The fourth-order valence-electron chi connectivity index (χ4n) is 4.82. The first-order chi connectivity index (χ1) is 17.6. The van der Waals surface area contributed by atoms with E-state index in [1.54, 1.807) is 18.3 Å². The number of nitrogens with one attached hydrogen (secondary N) is 3. The minimum atomic E-state index is -0.186. The van der Waals surface area contributed by atoms with E-state index in [9.17, 15) is 9.59 Å². The topological polar surface area (TPSA) is 73.5 Å². The molecule has 5 rings (SSSR count). The van der Waals surface area contributed by atoms with Gasteiger partial charge in [-0.15, -0.1) is 0 Å². The zero-order valence-electron chi connectivity index (χ0n) is 20.6. The Morgan fingerprint density at radius 1 is 1.00 bits per heavy atom. The Bertz CT molecular complexity index is 1260. The zero-order valence-corrected chi connectivity index (χ0v) is 20.6. The first kappa shape index (κ1) is 23.8. The molecule has 3 aromatic rings. The van der Waals surface area contributed by atoms with Crippen LogP contribution in [0.4, 0.5) is 11.4 Å². The van der Waals surface area contributed by atoms with E-state index in [2.05, 4.69) is 33.0 Å². The zero-order chi connectivity index (χ0) is 24.9. The second-order valence-electron chi connectivity index (χ2n) is 9.56. The van der Waals surface area contributed by atoms with Crippen LogP contribution in [0.25, 0.3) is 5.57 Å². The van der Waals surface area contributed by atoms with Crippen molar-refractivity contribution in [2.45, 2.75) is 38.8 Å². The van der Waals surface area contributed by atoms with Crippen LogP contribution in [-0.4, -0.2) is 29.8 Å². The molecule has 0 radical (unpaired) electrons. The molecule has 36 heavy (non-hydrogen) atoms. The summed E-state index contributed by atoms with van der Waals surface area (Å²) in [5, 5.41) is 9.16.